The quantitative estimate of drug-likeness (QED) is 0.423. The molecule has 29 heavy (non-hydrogen) atoms. The van der Waals surface area contributed by atoms with Crippen molar-refractivity contribution in [1.82, 2.24) is 9.03 Å². The van der Waals surface area contributed by atoms with E-state index in [-0.39, 0.29) is 20.6 Å². The smallest absolute Gasteiger partial charge is 0.267 e. The molecule has 7 heteroatoms. The molecule has 1 saturated carbocycles. The molecule has 0 spiro atoms. The summed E-state index contributed by atoms with van der Waals surface area (Å²) in [6.07, 6.45) is 8.17. The van der Waals surface area contributed by atoms with Crippen LogP contribution in [-0.4, -0.2) is 23.8 Å². The number of aromatic nitrogens is 2. The van der Waals surface area contributed by atoms with E-state index in [0.717, 1.165) is 29.8 Å². The first kappa shape index (κ1) is 23.5. The molecular weight excluding hydrogens is 515 g/mol. The number of nitrogens with zero attached hydrogens (tertiary/aromatic N) is 2. The SMILES string of the molecule is Cc1c(CC(C)(C)SI)n2c(CC(C)(C)SC3CCCCC3)c(C)c(=O)n2c1=O. The molecule has 2 heterocycles. The molecule has 162 valence electrons. The molecule has 3 rings (SSSR count). The average Bonchev–Trinajstić information content (AvgIpc) is 3.03. The Morgan fingerprint density at radius 2 is 1.34 bits per heavy atom. The van der Waals surface area contributed by atoms with Gasteiger partial charge in [-0.25, -0.2) is 0 Å². The van der Waals surface area contributed by atoms with Crippen LogP contribution in [0.4, 0.5) is 0 Å². The summed E-state index contributed by atoms with van der Waals surface area (Å²) < 4.78 is 3.36. The van der Waals surface area contributed by atoms with Crippen molar-refractivity contribution in [3.63, 3.8) is 0 Å². The minimum absolute atomic E-state index is 0.00946. The van der Waals surface area contributed by atoms with E-state index in [1.54, 1.807) is 8.93 Å². The summed E-state index contributed by atoms with van der Waals surface area (Å²) in [5.74, 6) is 0. The first-order valence-corrected chi connectivity index (χ1v) is 14.8. The van der Waals surface area contributed by atoms with E-state index < -0.39 is 0 Å². The molecule has 0 atom stereocenters. The molecule has 2 aromatic rings. The van der Waals surface area contributed by atoms with Crippen molar-refractivity contribution in [3.05, 3.63) is 43.2 Å². The van der Waals surface area contributed by atoms with Gasteiger partial charge in [0.2, 0.25) is 0 Å². The van der Waals surface area contributed by atoms with Gasteiger partial charge in [0.05, 0.1) is 11.4 Å². The third kappa shape index (κ3) is 4.86. The maximum absolute atomic E-state index is 13.0. The van der Waals surface area contributed by atoms with Crippen LogP contribution in [0.25, 0.3) is 0 Å². The van der Waals surface area contributed by atoms with Crippen molar-refractivity contribution in [1.29, 1.82) is 0 Å². The highest BCUT2D eigenvalue weighted by atomic mass is 127. The van der Waals surface area contributed by atoms with Crippen molar-refractivity contribution < 1.29 is 0 Å². The molecule has 0 unspecified atom stereocenters. The van der Waals surface area contributed by atoms with Crippen LogP contribution in [-0.2, 0) is 12.8 Å². The van der Waals surface area contributed by atoms with Crippen LogP contribution >= 0.6 is 41.9 Å². The van der Waals surface area contributed by atoms with Gasteiger partial charge in [-0.1, -0.05) is 42.0 Å². The van der Waals surface area contributed by atoms with Crippen molar-refractivity contribution in [2.45, 2.75) is 101 Å². The van der Waals surface area contributed by atoms with Crippen LogP contribution in [0, 0.1) is 13.8 Å². The number of halogens is 1. The monoisotopic (exact) mass is 548 g/mol. The van der Waals surface area contributed by atoms with E-state index >= 15 is 0 Å². The Labute approximate surface area is 194 Å². The van der Waals surface area contributed by atoms with Gasteiger partial charge in [0.25, 0.3) is 11.1 Å². The molecule has 1 aliphatic carbocycles. The maximum atomic E-state index is 13.0. The second-order valence-corrected chi connectivity index (χ2v) is 14.3. The molecule has 0 aromatic carbocycles. The molecule has 1 aliphatic rings. The maximum Gasteiger partial charge on any atom is 0.277 e. The fourth-order valence-corrected chi connectivity index (χ4v) is 6.83. The zero-order chi connectivity index (χ0) is 21.6. The zero-order valence-electron chi connectivity index (χ0n) is 18.4. The highest BCUT2D eigenvalue weighted by Crippen LogP contribution is 2.39. The summed E-state index contributed by atoms with van der Waals surface area (Å²) in [4.78, 5) is 25.9. The second kappa shape index (κ2) is 8.77. The van der Waals surface area contributed by atoms with E-state index in [2.05, 4.69) is 60.7 Å². The first-order chi connectivity index (χ1) is 13.5. The molecular formula is C22H33IN2O2S2. The van der Waals surface area contributed by atoms with Crippen molar-refractivity contribution in [2.24, 2.45) is 0 Å². The number of fused-ring (bicyclic) bond motifs is 1. The Morgan fingerprint density at radius 1 is 0.862 bits per heavy atom. The number of rotatable bonds is 7. The van der Waals surface area contributed by atoms with Gasteiger partial charge >= 0.3 is 0 Å². The summed E-state index contributed by atoms with van der Waals surface area (Å²) in [5, 5.41) is 0.708. The second-order valence-electron chi connectivity index (χ2n) is 9.71. The van der Waals surface area contributed by atoms with Crippen LogP contribution in [0.1, 0.15) is 82.3 Å². The summed E-state index contributed by atoms with van der Waals surface area (Å²) in [6.45, 7) is 12.7. The average molecular weight is 549 g/mol. The van der Waals surface area contributed by atoms with Crippen LogP contribution in [0.3, 0.4) is 0 Å². The Hall–Kier alpha value is -0.150. The largest absolute Gasteiger partial charge is 0.277 e. The van der Waals surface area contributed by atoms with Gasteiger partial charge in [-0.15, -0.1) is 0 Å². The zero-order valence-corrected chi connectivity index (χ0v) is 22.2. The Morgan fingerprint density at radius 3 is 1.83 bits per heavy atom. The molecule has 0 radical (unpaired) electrons. The standard InChI is InChI=1S/C22H33IN2O2S2/c1-14-17(12-21(3,4)28-16-10-8-7-9-11-16)24-18(13-22(5,6)29-23)15(2)20(27)25(24)19(14)26/h16H,7-13H2,1-6H3. The number of hydrogen-bond donors (Lipinski definition) is 0. The predicted octanol–water partition coefficient (Wildman–Crippen LogP) is 5.61. The molecule has 2 aromatic heterocycles. The Kier molecular flexibility index (Phi) is 7.11. The third-order valence-corrected chi connectivity index (χ3v) is 11.8. The van der Waals surface area contributed by atoms with Gasteiger partial charge in [-0.2, -0.15) is 16.3 Å². The fraction of sp³-hybridized carbons (Fsp3) is 0.727. The highest BCUT2D eigenvalue weighted by molar-refractivity contribution is 14.2. The van der Waals surface area contributed by atoms with E-state index in [1.165, 1.54) is 36.6 Å². The highest BCUT2D eigenvalue weighted by Gasteiger charge is 2.32. The third-order valence-electron chi connectivity index (χ3n) is 6.04. The Balaban J connectivity index is 2.05. The first-order valence-electron chi connectivity index (χ1n) is 10.5. The van der Waals surface area contributed by atoms with Gasteiger partial charge in [0.15, 0.2) is 0 Å². The molecule has 1 fully saturated rings. The number of hydrogen-bond acceptors (Lipinski definition) is 4. The van der Waals surface area contributed by atoms with Crippen molar-refractivity contribution in [2.75, 3.05) is 0 Å². The number of thioether (sulfide) groups is 1. The van der Waals surface area contributed by atoms with Crippen molar-refractivity contribution in [3.8, 4) is 0 Å². The van der Waals surface area contributed by atoms with Crippen LogP contribution in [0.5, 0.6) is 0 Å². The lowest BCUT2D eigenvalue weighted by molar-refractivity contribution is 0.510. The summed E-state index contributed by atoms with van der Waals surface area (Å²) in [5.41, 5.74) is 3.12. The van der Waals surface area contributed by atoms with Gasteiger partial charge in [0.1, 0.15) is 0 Å². The summed E-state index contributed by atoms with van der Waals surface area (Å²) in [6, 6.07) is 0. The lowest BCUT2D eigenvalue weighted by Gasteiger charge is -2.31. The van der Waals surface area contributed by atoms with Gasteiger partial charge in [-0.3, -0.25) is 14.1 Å². The fourth-order valence-electron chi connectivity index (χ4n) is 4.49. The van der Waals surface area contributed by atoms with E-state index in [1.807, 2.05) is 18.4 Å². The van der Waals surface area contributed by atoms with Crippen LogP contribution in [0.2, 0.25) is 0 Å². The van der Waals surface area contributed by atoms with Crippen molar-refractivity contribution >= 4 is 41.9 Å². The summed E-state index contributed by atoms with van der Waals surface area (Å²) in [7, 11) is 1.76. The molecule has 0 N–H and O–H groups in total. The predicted molar refractivity (Wildman–Crippen MR) is 136 cm³/mol. The van der Waals surface area contributed by atoms with Crippen LogP contribution in [0.15, 0.2) is 9.59 Å². The molecule has 0 amide bonds. The molecule has 0 aliphatic heterocycles. The van der Waals surface area contributed by atoms with E-state index in [9.17, 15) is 9.59 Å². The molecule has 0 bridgehead atoms. The lowest BCUT2D eigenvalue weighted by atomic mass is 10.0. The lowest BCUT2D eigenvalue weighted by Crippen LogP contribution is -2.26. The summed E-state index contributed by atoms with van der Waals surface area (Å²) >= 11 is 4.40. The molecule has 4 nitrogen and oxygen atoms in total. The Bertz CT molecular complexity index is 987. The minimum atomic E-state index is -0.161. The van der Waals surface area contributed by atoms with Gasteiger partial charge < -0.3 is 0 Å². The minimum Gasteiger partial charge on any atom is -0.267 e. The van der Waals surface area contributed by atoms with E-state index in [0.29, 0.717) is 10.8 Å². The molecule has 0 saturated heterocycles. The van der Waals surface area contributed by atoms with Gasteiger partial charge in [-0.05, 0) is 61.7 Å². The van der Waals surface area contributed by atoms with Crippen LogP contribution < -0.4 is 11.1 Å². The normalized spacial score (nSPS) is 16.8. The topological polar surface area (TPSA) is 43.0 Å². The van der Waals surface area contributed by atoms with E-state index in [4.69, 9.17) is 0 Å². The van der Waals surface area contributed by atoms with Gasteiger partial charge in [0, 0.05) is 38.7 Å².